The monoisotopic (exact) mass is 296 g/mol. The zero-order valence-corrected chi connectivity index (χ0v) is 13.2. The number of rotatable bonds is 7. The molecule has 1 unspecified atom stereocenters. The van der Waals surface area contributed by atoms with Crippen molar-refractivity contribution < 1.29 is 13.9 Å². The van der Waals surface area contributed by atoms with Crippen LogP contribution in [0, 0.1) is 11.2 Å². The molecule has 0 saturated carbocycles. The van der Waals surface area contributed by atoms with Crippen molar-refractivity contribution in [2.24, 2.45) is 11.1 Å². The Balaban J connectivity index is 2.87. The van der Waals surface area contributed by atoms with E-state index in [2.05, 4.69) is 5.32 Å². The maximum atomic E-state index is 13.7. The molecule has 1 aromatic carbocycles. The second-order valence-corrected chi connectivity index (χ2v) is 5.28. The number of ether oxygens (including phenoxy) is 1. The third kappa shape index (κ3) is 3.73. The van der Waals surface area contributed by atoms with E-state index in [-0.39, 0.29) is 17.7 Å². The summed E-state index contributed by atoms with van der Waals surface area (Å²) in [6.07, 6.45) is 1.35. The van der Waals surface area contributed by atoms with Crippen molar-refractivity contribution in [1.29, 1.82) is 0 Å². The van der Waals surface area contributed by atoms with Crippen LogP contribution in [0.1, 0.15) is 45.2 Å². The summed E-state index contributed by atoms with van der Waals surface area (Å²) < 4.78 is 18.6. The molecule has 0 spiro atoms. The second-order valence-electron chi connectivity index (χ2n) is 5.28. The average Bonchev–Trinajstić information content (AvgIpc) is 2.49. The maximum absolute atomic E-state index is 13.7. The number of halogens is 1. The molecule has 0 aromatic heterocycles. The predicted octanol–water partition coefficient (Wildman–Crippen LogP) is 2.78. The van der Waals surface area contributed by atoms with Gasteiger partial charge in [-0.05, 0) is 37.5 Å². The Morgan fingerprint density at radius 2 is 2.05 bits per heavy atom. The van der Waals surface area contributed by atoms with Crippen molar-refractivity contribution in [3.8, 4) is 5.75 Å². The SMILES string of the molecule is CCC(CC)(CN)C(=O)NC(C)c1ccc(OC)c(F)c1. The van der Waals surface area contributed by atoms with Gasteiger partial charge in [-0.1, -0.05) is 19.9 Å². The zero-order chi connectivity index (χ0) is 16.0. The molecule has 0 saturated heterocycles. The van der Waals surface area contributed by atoms with Gasteiger partial charge in [0.05, 0.1) is 18.6 Å². The molecule has 0 bridgehead atoms. The lowest BCUT2D eigenvalue weighted by Crippen LogP contribution is -2.46. The Hall–Kier alpha value is -1.62. The minimum atomic E-state index is -0.556. The van der Waals surface area contributed by atoms with Gasteiger partial charge in [0.25, 0.3) is 0 Å². The summed E-state index contributed by atoms with van der Waals surface area (Å²) in [6, 6.07) is 4.39. The molecular weight excluding hydrogens is 271 g/mol. The number of carbonyl (C=O) groups is 1. The molecule has 0 aliphatic carbocycles. The summed E-state index contributed by atoms with van der Waals surface area (Å²) in [7, 11) is 1.42. The van der Waals surface area contributed by atoms with Gasteiger partial charge in [0, 0.05) is 6.54 Å². The highest BCUT2D eigenvalue weighted by Gasteiger charge is 2.34. The van der Waals surface area contributed by atoms with E-state index in [1.165, 1.54) is 13.2 Å². The summed E-state index contributed by atoms with van der Waals surface area (Å²) in [5.74, 6) is -0.332. The van der Waals surface area contributed by atoms with Crippen LogP contribution in [0.15, 0.2) is 18.2 Å². The predicted molar refractivity (Wildman–Crippen MR) is 81.6 cm³/mol. The number of benzene rings is 1. The van der Waals surface area contributed by atoms with Gasteiger partial charge in [-0.15, -0.1) is 0 Å². The number of amides is 1. The van der Waals surface area contributed by atoms with Crippen molar-refractivity contribution >= 4 is 5.91 Å². The van der Waals surface area contributed by atoms with Gasteiger partial charge < -0.3 is 15.8 Å². The van der Waals surface area contributed by atoms with Crippen molar-refractivity contribution in [3.63, 3.8) is 0 Å². The Morgan fingerprint density at radius 1 is 1.43 bits per heavy atom. The van der Waals surface area contributed by atoms with Gasteiger partial charge in [0.2, 0.25) is 5.91 Å². The lowest BCUT2D eigenvalue weighted by Gasteiger charge is -2.30. The minimum Gasteiger partial charge on any atom is -0.494 e. The van der Waals surface area contributed by atoms with Crippen molar-refractivity contribution in [2.75, 3.05) is 13.7 Å². The fourth-order valence-corrected chi connectivity index (χ4v) is 2.34. The smallest absolute Gasteiger partial charge is 0.227 e. The summed E-state index contributed by atoms with van der Waals surface area (Å²) in [6.45, 7) is 6.03. The first-order chi connectivity index (χ1) is 9.93. The molecule has 0 aliphatic heterocycles. The van der Waals surface area contributed by atoms with Crippen LogP contribution in [0.3, 0.4) is 0 Å². The molecular formula is C16H25FN2O2. The van der Waals surface area contributed by atoms with Gasteiger partial charge in [-0.3, -0.25) is 4.79 Å². The molecule has 1 rings (SSSR count). The van der Waals surface area contributed by atoms with Gasteiger partial charge in [-0.2, -0.15) is 0 Å². The normalized spacial score (nSPS) is 12.9. The number of methoxy groups -OCH3 is 1. The zero-order valence-electron chi connectivity index (χ0n) is 13.2. The van der Waals surface area contributed by atoms with Gasteiger partial charge >= 0.3 is 0 Å². The summed E-state index contributed by atoms with van der Waals surface area (Å²) in [5.41, 5.74) is 5.91. The van der Waals surface area contributed by atoms with Crippen molar-refractivity contribution in [1.82, 2.24) is 5.32 Å². The molecule has 1 amide bonds. The van der Waals surface area contributed by atoms with E-state index in [9.17, 15) is 9.18 Å². The number of nitrogens with two attached hydrogens (primary N) is 1. The highest BCUT2D eigenvalue weighted by atomic mass is 19.1. The summed E-state index contributed by atoms with van der Waals surface area (Å²) in [5, 5.41) is 2.93. The molecule has 0 radical (unpaired) electrons. The van der Waals surface area contributed by atoms with E-state index in [4.69, 9.17) is 10.5 Å². The Kier molecular flexibility index (Phi) is 6.15. The van der Waals surface area contributed by atoms with Gasteiger partial charge in [-0.25, -0.2) is 4.39 Å². The van der Waals surface area contributed by atoms with E-state index < -0.39 is 11.2 Å². The topological polar surface area (TPSA) is 64.4 Å². The van der Waals surface area contributed by atoms with Crippen LogP contribution >= 0.6 is 0 Å². The molecule has 21 heavy (non-hydrogen) atoms. The lowest BCUT2D eigenvalue weighted by molar-refractivity contribution is -0.131. The maximum Gasteiger partial charge on any atom is 0.227 e. The third-order valence-corrected chi connectivity index (χ3v) is 4.25. The standard InChI is InChI=1S/C16H25FN2O2/c1-5-16(6-2,10-18)15(20)19-11(3)12-7-8-14(21-4)13(17)9-12/h7-9,11H,5-6,10,18H2,1-4H3,(H,19,20). The second kappa shape index (κ2) is 7.41. The van der Waals surface area contributed by atoms with E-state index >= 15 is 0 Å². The first-order valence-electron chi connectivity index (χ1n) is 7.28. The van der Waals surface area contributed by atoms with E-state index in [0.717, 1.165) is 0 Å². The largest absolute Gasteiger partial charge is 0.494 e. The van der Waals surface area contributed by atoms with E-state index in [0.29, 0.717) is 24.9 Å². The lowest BCUT2D eigenvalue weighted by atomic mass is 9.81. The number of hydrogen-bond acceptors (Lipinski definition) is 3. The van der Waals surface area contributed by atoms with Gasteiger partial charge in [0.15, 0.2) is 11.6 Å². The molecule has 5 heteroatoms. The number of carbonyl (C=O) groups excluding carboxylic acids is 1. The molecule has 1 atom stereocenters. The fourth-order valence-electron chi connectivity index (χ4n) is 2.34. The summed E-state index contributed by atoms with van der Waals surface area (Å²) >= 11 is 0. The molecule has 3 N–H and O–H groups in total. The van der Waals surface area contributed by atoms with Crippen LogP contribution in [0.5, 0.6) is 5.75 Å². The van der Waals surface area contributed by atoms with Crippen LogP contribution in [0.2, 0.25) is 0 Å². The highest BCUT2D eigenvalue weighted by Crippen LogP contribution is 2.27. The Morgan fingerprint density at radius 3 is 2.48 bits per heavy atom. The Labute approximate surface area is 125 Å². The molecule has 0 heterocycles. The van der Waals surface area contributed by atoms with Crippen LogP contribution in [0.25, 0.3) is 0 Å². The summed E-state index contributed by atoms with van der Waals surface area (Å²) in [4.78, 5) is 12.4. The first-order valence-corrected chi connectivity index (χ1v) is 7.28. The molecule has 0 fully saturated rings. The highest BCUT2D eigenvalue weighted by molar-refractivity contribution is 5.83. The van der Waals surface area contributed by atoms with Crippen LogP contribution in [-0.4, -0.2) is 19.6 Å². The molecule has 1 aromatic rings. The van der Waals surface area contributed by atoms with Crippen LogP contribution in [-0.2, 0) is 4.79 Å². The fraction of sp³-hybridized carbons (Fsp3) is 0.562. The van der Waals surface area contributed by atoms with Crippen molar-refractivity contribution in [3.05, 3.63) is 29.6 Å². The quantitative estimate of drug-likeness (QED) is 0.813. The van der Waals surface area contributed by atoms with Crippen LogP contribution in [0.4, 0.5) is 4.39 Å². The third-order valence-electron chi connectivity index (χ3n) is 4.25. The first kappa shape index (κ1) is 17.4. The average molecular weight is 296 g/mol. The molecule has 118 valence electrons. The molecule has 4 nitrogen and oxygen atoms in total. The van der Waals surface area contributed by atoms with Gasteiger partial charge in [0.1, 0.15) is 0 Å². The molecule has 0 aliphatic rings. The van der Waals surface area contributed by atoms with Crippen LogP contribution < -0.4 is 15.8 Å². The van der Waals surface area contributed by atoms with Crippen molar-refractivity contribution in [2.45, 2.75) is 39.7 Å². The number of hydrogen-bond donors (Lipinski definition) is 2. The number of nitrogens with one attached hydrogen (secondary N) is 1. The minimum absolute atomic E-state index is 0.0845. The Bertz CT molecular complexity index is 479. The van der Waals surface area contributed by atoms with E-state index in [1.807, 2.05) is 20.8 Å². The van der Waals surface area contributed by atoms with E-state index in [1.54, 1.807) is 12.1 Å².